The zero-order valence-electron chi connectivity index (χ0n) is 9.28. The Morgan fingerprint density at radius 2 is 1.87 bits per heavy atom. The molecule has 0 aromatic rings. The maximum atomic E-state index is 11.1. The first-order valence-corrected chi connectivity index (χ1v) is 4.94. The monoisotopic (exact) mass is 218 g/mol. The lowest BCUT2D eigenvalue weighted by molar-refractivity contribution is -0.145. The largest absolute Gasteiger partial charge is 0.466 e. The van der Waals surface area contributed by atoms with E-state index in [0.717, 1.165) is 0 Å². The number of ether oxygens (including phenoxy) is 3. The van der Waals surface area contributed by atoms with Crippen LogP contribution >= 0.6 is 0 Å². The maximum absolute atomic E-state index is 11.1. The Labute approximate surface area is 89.7 Å². The van der Waals surface area contributed by atoms with Gasteiger partial charge in [0.25, 0.3) is 0 Å². The van der Waals surface area contributed by atoms with E-state index in [1.165, 1.54) is 0 Å². The van der Waals surface area contributed by atoms with Gasteiger partial charge in [0, 0.05) is 13.5 Å². The van der Waals surface area contributed by atoms with Crippen LogP contribution in [0.2, 0.25) is 0 Å². The minimum Gasteiger partial charge on any atom is -0.466 e. The molecule has 5 heteroatoms. The van der Waals surface area contributed by atoms with Crippen molar-refractivity contribution in [1.82, 2.24) is 0 Å². The highest BCUT2D eigenvalue weighted by atomic mass is 16.5. The first-order valence-electron chi connectivity index (χ1n) is 4.94. The van der Waals surface area contributed by atoms with Crippen molar-refractivity contribution >= 4 is 11.8 Å². The molecule has 0 heterocycles. The van der Waals surface area contributed by atoms with Crippen LogP contribution in [0.3, 0.4) is 0 Å². The second kappa shape index (κ2) is 9.61. The summed E-state index contributed by atoms with van der Waals surface area (Å²) >= 11 is 0. The predicted molar refractivity (Wildman–Crippen MR) is 53.6 cm³/mol. The quantitative estimate of drug-likeness (QED) is 0.321. The summed E-state index contributed by atoms with van der Waals surface area (Å²) in [5, 5.41) is 0. The second-order valence-electron chi connectivity index (χ2n) is 2.88. The van der Waals surface area contributed by atoms with Crippen LogP contribution in [0.1, 0.15) is 19.8 Å². The topological polar surface area (TPSA) is 61.8 Å². The van der Waals surface area contributed by atoms with E-state index in [-0.39, 0.29) is 18.6 Å². The average Bonchev–Trinajstić information content (AvgIpc) is 2.17. The van der Waals surface area contributed by atoms with Gasteiger partial charge in [-0.3, -0.25) is 9.59 Å². The third-order valence-corrected chi connectivity index (χ3v) is 1.60. The molecular formula is C10H18O5. The third kappa shape index (κ3) is 9.37. The molecule has 0 unspecified atom stereocenters. The minimum atomic E-state index is -0.473. The molecule has 0 rings (SSSR count). The summed E-state index contributed by atoms with van der Waals surface area (Å²) in [6, 6.07) is 0. The van der Waals surface area contributed by atoms with Gasteiger partial charge in [0.1, 0.15) is 12.2 Å². The molecule has 0 aromatic heterocycles. The number of methoxy groups -OCH3 is 1. The van der Waals surface area contributed by atoms with Gasteiger partial charge in [-0.1, -0.05) is 0 Å². The van der Waals surface area contributed by atoms with E-state index in [2.05, 4.69) is 4.74 Å². The van der Waals surface area contributed by atoms with Gasteiger partial charge in [-0.25, -0.2) is 0 Å². The van der Waals surface area contributed by atoms with E-state index < -0.39 is 5.97 Å². The Bertz CT molecular complexity index is 190. The van der Waals surface area contributed by atoms with E-state index in [9.17, 15) is 9.59 Å². The number of esters is 1. The van der Waals surface area contributed by atoms with Crippen LogP contribution in [0.15, 0.2) is 0 Å². The first kappa shape index (κ1) is 14.1. The van der Waals surface area contributed by atoms with Crippen molar-refractivity contribution in [2.75, 3.05) is 33.5 Å². The number of hydrogen-bond donors (Lipinski definition) is 0. The smallest absolute Gasteiger partial charge is 0.313 e. The highest BCUT2D eigenvalue weighted by Gasteiger charge is 2.09. The van der Waals surface area contributed by atoms with Crippen molar-refractivity contribution < 1.29 is 23.8 Å². The fourth-order valence-corrected chi connectivity index (χ4v) is 0.892. The van der Waals surface area contributed by atoms with Crippen LogP contribution in [0.4, 0.5) is 0 Å². The van der Waals surface area contributed by atoms with Crippen LogP contribution in [0.25, 0.3) is 0 Å². The molecule has 5 nitrogen and oxygen atoms in total. The van der Waals surface area contributed by atoms with E-state index in [0.29, 0.717) is 26.4 Å². The summed E-state index contributed by atoms with van der Waals surface area (Å²) in [5.74, 6) is -0.634. The Morgan fingerprint density at radius 3 is 2.47 bits per heavy atom. The molecular weight excluding hydrogens is 200 g/mol. The summed E-state index contributed by atoms with van der Waals surface area (Å²) in [7, 11) is 1.58. The van der Waals surface area contributed by atoms with Crippen molar-refractivity contribution in [3.63, 3.8) is 0 Å². The normalized spacial score (nSPS) is 10.0. The molecule has 0 N–H and O–H groups in total. The summed E-state index contributed by atoms with van der Waals surface area (Å²) in [5.41, 5.74) is 0. The van der Waals surface area contributed by atoms with E-state index in [1.807, 2.05) is 0 Å². The highest BCUT2D eigenvalue weighted by molar-refractivity contribution is 5.95. The molecule has 88 valence electrons. The summed E-state index contributed by atoms with van der Waals surface area (Å²) in [4.78, 5) is 22.0. The van der Waals surface area contributed by atoms with Gasteiger partial charge >= 0.3 is 5.97 Å². The van der Waals surface area contributed by atoms with Gasteiger partial charge in [0.2, 0.25) is 0 Å². The third-order valence-electron chi connectivity index (χ3n) is 1.60. The molecule has 0 amide bonds. The minimum absolute atomic E-state index is 0.161. The Hall–Kier alpha value is -0.940. The Kier molecular flexibility index (Phi) is 9.01. The predicted octanol–water partition coefficient (Wildman–Crippen LogP) is 0.562. The number of carbonyl (C=O) groups excluding carboxylic acids is 2. The molecule has 0 spiro atoms. The standard InChI is InChI=1S/C10H18O5/c1-3-15-10(12)8-9(11)4-5-14-7-6-13-2/h3-8H2,1-2H3. The van der Waals surface area contributed by atoms with Gasteiger partial charge in [-0.2, -0.15) is 0 Å². The molecule has 0 radical (unpaired) electrons. The van der Waals surface area contributed by atoms with Crippen molar-refractivity contribution in [2.24, 2.45) is 0 Å². The maximum Gasteiger partial charge on any atom is 0.313 e. The summed E-state index contributed by atoms with van der Waals surface area (Å²) in [6.07, 6.45) is 0.0734. The number of Topliss-reactive ketones (excluding diaryl/α,β-unsaturated/α-hetero) is 1. The molecule has 0 aliphatic heterocycles. The molecule has 0 bridgehead atoms. The Balaban J connectivity index is 3.37. The molecule has 15 heavy (non-hydrogen) atoms. The number of hydrogen-bond acceptors (Lipinski definition) is 5. The van der Waals surface area contributed by atoms with E-state index >= 15 is 0 Å². The molecule has 0 fully saturated rings. The summed E-state index contributed by atoms with van der Waals surface area (Å²) in [6.45, 7) is 3.30. The lowest BCUT2D eigenvalue weighted by Crippen LogP contribution is -2.13. The van der Waals surface area contributed by atoms with Gasteiger partial charge in [-0.15, -0.1) is 0 Å². The van der Waals surface area contributed by atoms with Crippen LogP contribution in [-0.2, 0) is 23.8 Å². The Morgan fingerprint density at radius 1 is 1.13 bits per heavy atom. The van der Waals surface area contributed by atoms with Gasteiger partial charge in [0.15, 0.2) is 0 Å². The molecule has 0 aromatic carbocycles. The number of rotatable bonds is 9. The molecule has 0 saturated carbocycles. The SMILES string of the molecule is CCOC(=O)CC(=O)CCOCCOC. The fourth-order valence-electron chi connectivity index (χ4n) is 0.892. The van der Waals surface area contributed by atoms with Crippen molar-refractivity contribution in [3.05, 3.63) is 0 Å². The van der Waals surface area contributed by atoms with E-state index in [4.69, 9.17) is 9.47 Å². The van der Waals surface area contributed by atoms with Crippen LogP contribution in [-0.4, -0.2) is 45.3 Å². The second-order valence-corrected chi connectivity index (χ2v) is 2.88. The van der Waals surface area contributed by atoms with Crippen molar-refractivity contribution in [3.8, 4) is 0 Å². The van der Waals surface area contributed by atoms with Crippen LogP contribution in [0, 0.1) is 0 Å². The fraction of sp³-hybridized carbons (Fsp3) is 0.800. The number of ketones is 1. The average molecular weight is 218 g/mol. The van der Waals surface area contributed by atoms with Crippen molar-refractivity contribution in [2.45, 2.75) is 19.8 Å². The molecule has 0 saturated heterocycles. The molecule has 0 atom stereocenters. The summed E-state index contributed by atoms with van der Waals surface area (Å²) < 4.78 is 14.5. The lowest BCUT2D eigenvalue weighted by atomic mass is 10.2. The van der Waals surface area contributed by atoms with Crippen LogP contribution in [0.5, 0.6) is 0 Å². The number of carbonyl (C=O) groups is 2. The molecule has 0 aliphatic rings. The zero-order valence-corrected chi connectivity index (χ0v) is 9.28. The van der Waals surface area contributed by atoms with Crippen LogP contribution < -0.4 is 0 Å². The lowest BCUT2D eigenvalue weighted by Gasteiger charge is -2.03. The van der Waals surface area contributed by atoms with E-state index in [1.54, 1.807) is 14.0 Å². The van der Waals surface area contributed by atoms with Gasteiger partial charge in [-0.05, 0) is 6.92 Å². The molecule has 0 aliphatic carbocycles. The zero-order chi connectivity index (χ0) is 11.5. The van der Waals surface area contributed by atoms with Gasteiger partial charge < -0.3 is 14.2 Å². The van der Waals surface area contributed by atoms with Gasteiger partial charge in [0.05, 0.1) is 26.4 Å². The van der Waals surface area contributed by atoms with Crippen molar-refractivity contribution in [1.29, 1.82) is 0 Å². The first-order chi connectivity index (χ1) is 7.20. The highest BCUT2D eigenvalue weighted by Crippen LogP contribution is 1.94.